The normalized spacial score (nSPS) is 16.1. The lowest BCUT2D eigenvalue weighted by Crippen LogP contribution is -2.33. The zero-order valence-corrected chi connectivity index (χ0v) is 11.8. The monoisotopic (exact) mass is 278 g/mol. The minimum Gasteiger partial charge on any atom is -0.508 e. The molecule has 1 fully saturated rings. The van der Waals surface area contributed by atoms with E-state index in [4.69, 9.17) is 4.74 Å². The first-order valence-electron chi connectivity index (χ1n) is 7.07. The van der Waals surface area contributed by atoms with E-state index in [2.05, 4.69) is 10.6 Å². The highest BCUT2D eigenvalue weighted by atomic mass is 16.5. The van der Waals surface area contributed by atoms with Crippen LogP contribution in [0, 0.1) is 6.92 Å². The fourth-order valence-corrected chi connectivity index (χ4v) is 2.19. The number of phenolic OH excluding ortho intramolecular Hbond substituents is 1. The van der Waals surface area contributed by atoms with Crippen LogP contribution in [0.5, 0.6) is 5.75 Å². The van der Waals surface area contributed by atoms with Crippen LogP contribution in [-0.2, 0) is 9.53 Å². The van der Waals surface area contributed by atoms with Crippen LogP contribution in [0.15, 0.2) is 18.2 Å². The third-order valence-electron chi connectivity index (χ3n) is 3.46. The van der Waals surface area contributed by atoms with Crippen molar-refractivity contribution in [3.05, 3.63) is 23.8 Å². The number of carbonyl (C=O) groups excluding carboxylic acids is 1. The molecule has 2 rings (SSSR count). The topological polar surface area (TPSA) is 70.6 Å². The Morgan fingerprint density at radius 1 is 1.45 bits per heavy atom. The number of hydrogen-bond acceptors (Lipinski definition) is 4. The first-order chi connectivity index (χ1) is 9.65. The second-order valence-corrected chi connectivity index (χ2v) is 5.12. The van der Waals surface area contributed by atoms with Gasteiger partial charge in [0.05, 0.1) is 19.1 Å². The van der Waals surface area contributed by atoms with Crippen LogP contribution in [0.3, 0.4) is 0 Å². The predicted molar refractivity (Wildman–Crippen MR) is 77.9 cm³/mol. The van der Waals surface area contributed by atoms with Gasteiger partial charge in [0.15, 0.2) is 0 Å². The molecule has 0 aromatic heterocycles. The van der Waals surface area contributed by atoms with Gasteiger partial charge in [0.25, 0.3) is 0 Å². The van der Waals surface area contributed by atoms with E-state index in [0.29, 0.717) is 18.7 Å². The van der Waals surface area contributed by atoms with Gasteiger partial charge in [-0.25, -0.2) is 0 Å². The second-order valence-electron chi connectivity index (χ2n) is 5.12. The zero-order chi connectivity index (χ0) is 14.4. The lowest BCUT2D eigenvalue weighted by atomic mass is 10.1. The van der Waals surface area contributed by atoms with Crippen LogP contribution >= 0.6 is 0 Å². The van der Waals surface area contributed by atoms with E-state index in [1.807, 2.05) is 6.92 Å². The summed E-state index contributed by atoms with van der Waals surface area (Å²) in [6, 6.07) is 5.11. The van der Waals surface area contributed by atoms with Crippen molar-refractivity contribution in [2.45, 2.75) is 32.3 Å². The van der Waals surface area contributed by atoms with Gasteiger partial charge in [-0.3, -0.25) is 4.79 Å². The summed E-state index contributed by atoms with van der Waals surface area (Å²) in [6.07, 6.45) is 2.62. The molecule has 0 radical (unpaired) electrons. The summed E-state index contributed by atoms with van der Waals surface area (Å²) in [4.78, 5) is 11.8. The van der Waals surface area contributed by atoms with Gasteiger partial charge in [0.1, 0.15) is 5.75 Å². The summed E-state index contributed by atoms with van der Waals surface area (Å²) in [5, 5.41) is 15.6. The number of phenols is 1. The molecule has 0 bridgehead atoms. The summed E-state index contributed by atoms with van der Waals surface area (Å²) in [5.41, 5.74) is 1.40. The minimum absolute atomic E-state index is 0.0952. The molecule has 0 atom stereocenters. The molecular weight excluding hydrogens is 256 g/mol. The maximum atomic E-state index is 11.8. The number of aromatic hydroxyl groups is 1. The fourth-order valence-electron chi connectivity index (χ4n) is 2.19. The maximum absolute atomic E-state index is 11.8. The molecule has 1 amide bonds. The molecule has 110 valence electrons. The van der Waals surface area contributed by atoms with Crippen molar-refractivity contribution in [2.24, 2.45) is 0 Å². The van der Waals surface area contributed by atoms with Crippen LogP contribution in [0.2, 0.25) is 0 Å². The predicted octanol–water partition coefficient (Wildman–Crippen LogP) is 1.80. The smallest absolute Gasteiger partial charge is 0.226 e. The number of aryl methyl sites for hydroxylation is 1. The van der Waals surface area contributed by atoms with Crippen LogP contribution < -0.4 is 10.6 Å². The minimum atomic E-state index is -0.0952. The molecule has 0 unspecified atom stereocenters. The number of hydrogen-bond donors (Lipinski definition) is 3. The third kappa shape index (κ3) is 4.51. The molecule has 5 nitrogen and oxygen atoms in total. The van der Waals surface area contributed by atoms with Gasteiger partial charge in [0, 0.05) is 11.8 Å². The highest BCUT2D eigenvalue weighted by Gasteiger charge is 2.13. The number of piperidine rings is 1. The largest absolute Gasteiger partial charge is 0.508 e. The van der Waals surface area contributed by atoms with Gasteiger partial charge in [0.2, 0.25) is 5.91 Å². The molecule has 5 heteroatoms. The molecule has 3 N–H and O–H groups in total. The van der Waals surface area contributed by atoms with E-state index in [9.17, 15) is 9.90 Å². The molecule has 0 aliphatic carbocycles. The van der Waals surface area contributed by atoms with Crippen molar-refractivity contribution in [3.63, 3.8) is 0 Å². The summed E-state index contributed by atoms with van der Waals surface area (Å²) in [6.45, 7) is 4.22. The van der Waals surface area contributed by atoms with Crippen molar-refractivity contribution in [1.82, 2.24) is 5.32 Å². The fraction of sp³-hybridized carbons (Fsp3) is 0.533. The van der Waals surface area contributed by atoms with Crippen molar-refractivity contribution < 1.29 is 14.6 Å². The Labute approximate surface area is 119 Å². The summed E-state index contributed by atoms with van der Waals surface area (Å²) < 4.78 is 5.68. The number of ether oxygens (including phenoxy) is 1. The first-order valence-corrected chi connectivity index (χ1v) is 7.07. The summed E-state index contributed by atoms with van der Waals surface area (Å²) in [5.74, 6) is 0.0935. The SMILES string of the molecule is Cc1ccc(NC(=O)CCOC2CCNCC2)cc1O. The van der Waals surface area contributed by atoms with Gasteiger partial charge in [-0.05, 0) is 44.5 Å². The van der Waals surface area contributed by atoms with E-state index >= 15 is 0 Å². The highest BCUT2D eigenvalue weighted by Crippen LogP contribution is 2.20. The Bertz CT molecular complexity index is 456. The molecule has 20 heavy (non-hydrogen) atoms. The number of benzene rings is 1. The number of carbonyl (C=O) groups is 1. The standard InChI is InChI=1S/C15H22N2O3/c1-11-2-3-12(10-14(11)18)17-15(19)6-9-20-13-4-7-16-8-5-13/h2-3,10,13,16,18H,4-9H2,1H3,(H,17,19). The second kappa shape index (κ2) is 7.26. The van der Waals surface area contributed by atoms with Crippen molar-refractivity contribution in [2.75, 3.05) is 25.0 Å². The Hall–Kier alpha value is -1.59. The van der Waals surface area contributed by atoms with Crippen molar-refractivity contribution in [1.29, 1.82) is 0 Å². The van der Waals surface area contributed by atoms with E-state index in [1.54, 1.807) is 18.2 Å². The molecule has 1 aliphatic heterocycles. The molecule has 1 aromatic rings. The highest BCUT2D eigenvalue weighted by molar-refractivity contribution is 5.91. The van der Waals surface area contributed by atoms with Gasteiger partial charge in [-0.15, -0.1) is 0 Å². The molecule has 1 aliphatic rings. The third-order valence-corrected chi connectivity index (χ3v) is 3.46. The van der Waals surface area contributed by atoms with Gasteiger partial charge in [-0.2, -0.15) is 0 Å². The Morgan fingerprint density at radius 3 is 2.90 bits per heavy atom. The Morgan fingerprint density at radius 2 is 2.20 bits per heavy atom. The molecular formula is C15H22N2O3. The average Bonchev–Trinajstić information content (AvgIpc) is 2.44. The number of rotatable bonds is 5. The van der Waals surface area contributed by atoms with Crippen LogP contribution in [0.4, 0.5) is 5.69 Å². The molecule has 1 aromatic carbocycles. The van der Waals surface area contributed by atoms with Crippen LogP contribution in [0.1, 0.15) is 24.8 Å². The van der Waals surface area contributed by atoms with Crippen molar-refractivity contribution >= 4 is 11.6 Å². The molecule has 1 saturated heterocycles. The summed E-state index contributed by atoms with van der Waals surface area (Å²) >= 11 is 0. The number of nitrogens with one attached hydrogen (secondary N) is 2. The van der Waals surface area contributed by atoms with Crippen LogP contribution in [-0.4, -0.2) is 36.8 Å². The van der Waals surface area contributed by atoms with E-state index in [0.717, 1.165) is 31.5 Å². The molecule has 0 saturated carbocycles. The zero-order valence-electron chi connectivity index (χ0n) is 11.8. The maximum Gasteiger partial charge on any atom is 0.226 e. The lowest BCUT2D eigenvalue weighted by molar-refractivity contribution is -0.117. The lowest BCUT2D eigenvalue weighted by Gasteiger charge is -2.22. The number of anilines is 1. The quantitative estimate of drug-likeness (QED) is 0.768. The first kappa shape index (κ1) is 14.8. The summed E-state index contributed by atoms with van der Waals surface area (Å²) in [7, 11) is 0. The van der Waals surface area contributed by atoms with Gasteiger partial charge >= 0.3 is 0 Å². The van der Waals surface area contributed by atoms with Gasteiger partial charge in [-0.1, -0.05) is 6.07 Å². The molecule has 1 heterocycles. The average molecular weight is 278 g/mol. The van der Waals surface area contributed by atoms with E-state index in [1.165, 1.54) is 0 Å². The van der Waals surface area contributed by atoms with Crippen molar-refractivity contribution in [3.8, 4) is 5.75 Å². The molecule has 0 spiro atoms. The van der Waals surface area contributed by atoms with Crippen LogP contribution in [0.25, 0.3) is 0 Å². The van der Waals surface area contributed by atoms with E-state index in [-0.39, 0.29) is 17.8 Å². The Balaban J connectivity index is 1.70. The Kier molecular flexibility index (Phi) is 5.38. The van der Waals surface area contributed by atoms with E-state index < -0.39 is 0 Å². The number of amides is 1. The van der Waals surface area contributed by atoms with Gasteiger partial charge < -0.3 is 20.5 Å².